The van der Waals surface area contributed by atoms with Crippen LogP contribution in [0.3, 0.4) is 0 Å². The molecular weight excluding hydrogens is 821 g/mol. The summed E-state index contributed by atoms with van der Waals surface area (Å²) in [5, 5.41) is 9.90. The first-order valence-corrected chi connectivity index (χ1v) is 23.4. The second-order valence-corrected chi connectivity index (χ2v) is 17.6. The van der Waals surface area contributed by atoms with Crippen LogP contribution < -0.4 is 4.90 Å². The molecule has 13 rings (SSSR count). The van der Waals surface area contributed by atoms with Crippen molar-refractivity contribution in [1.82, 2.24) is 4.57 Å². The van der Waals surface area contributed by atoms with Crippen LogP contribution in [0.1, 0.15) is 0 Å². The van der Waals surface area contributed by atoms with E-state index in [1.54, 1.807) is 0 Å². The summed E-state index contributed by atoms with van der Waals surface area (Å²) in [6, 6.07) is 97.4. The largest absolute Gasteiger partial charge is 0.310 e. The van der Waals surface area contributed by atoms with Crippen LogP contribution in [0.25, 0.3) is 104 Å². The van der Waals surface area contributed by atoms with Gasteiger partial charge in [0.15, 0.2) is 0 Å². The Morgan fingerprint density at radius 2 is 0.824 bits per heavy atom. The molecular formula is C66H44N2. The van der Waals surface area contributed by atoms with E-state index in [0.29, 0.717) is 0 Å². The van der Waals surface area contributed by atoms with E-state index < -0.39 is 0 Å². The van der Waals surface area contributed by atoms with Gasteiger partial charge in [0.25, 0.3) is 0 Å². The molecule has 0 saturated heterocycles. The molecule has 0 bridgehead atoms. The van der Waals surface area contributed by atoms with Gasteiger partial charge in [0, 0.05) is 33.2 Å². The molecule has 0 fully saturated rings. The molecule has 0 spiro atoms. The van der Waals surface area contributed by atoms with Crippen molar-refractivity contribution in [3.63, 3.8) is 0 Å². The summed E-state index contributed by atoms with van der Waals surface area (Å²) in [4.78, 5) is 2.43. The monoisotopic (exact) mass is 864 g/mol. The standard InChI is InChI=1S/C66H44N2/c1-4-20-47(21-5-1)64-58-31-13-12-30-56(58)57-42-39-49(44-60(57)65(64)48-22-6-2-7-23-48)45-37-40-52(41-38-45)67(61-35-17-24-46-19-10-11-29-54(46)61)53-28-16-25-50(43-53)55-33-18-36-63-66(55)59-32-14-15-34-62(59)68(63)51-26-8-3-9-27-51/h1-44H. The van der Waals surface area contributed by atoms with Crippen molar-refractivity contribution in [2.24, 2.45) is 0 Å². The Bertz CT molecular complexity index is 4000. The number of rotatable bonds is 8. The molecule has 2 heteroatoms. The molecule has 0 N–H and O–H groups in total. The molecule has 0 saturated carbocycles. The van der Waals surface area contributed by atoms with Crippen molar-refractivity contribution in [3.8, 4) is 50.2 Å². The zero-order valence-electron chi connectivity index (χ0n) is 37.3. The van der Waals surface area contributed by atoms with Gasteiger partial charge in [-0.15, -0.1) is 0 Å². The van der Waals surface area contributed by atoms with Crippen LogP contribution in [0.4, 0.5) is 17.1 Å². The molecule has 12 aromatic carbocycles. The third-order valence-electron chi connectivity index (χ3n) is 13.7. The maximum absolute atomic E-state index is 2.43. The van der Waals surface area contributed by atoms with E-state index in [1.165, 1.54) is 93.1 Å². The fraction of sp³-hybridized carbons (Fsp3) is 0. The highest BCUT2D eigenvalue weighted by Crippen LogP contribution is 2.47. The maximum Gasteiger partial charge on any atom is 0.0547 e. The number of fused-ring (bicyclic) bond motifs is 7. The van der Waals surface area contributed by atoms with Gasteiger partial charge < -0.3 is 9.47 Å². The Kier molecular flexibility index (Phi) is 9.54. The number of hydrogen-bond donors (Lipinski definition) is 0. The highest BCUT2D eigenvalue weighted by atomic mass is 15.1. The van der Waals surface area contributed by atoms with Crippen LogP contribution in [0.5, 0.6) is 0 Å². The lowest BCUT2D eigenvalue weighted by Crippen LogP contribution is -2.10. The first-order chi connectivity index (χ1) is 33.8. The van der Waals surface area contributed by atoms with E-state index in [2.05, 4.69) is 276 Å². The number of para-hydroxylation sites is 2. The second kappa shape index (κ2) is 16.5. The Morgan fingerprint density at radius 1 is 0.279 bits per heavy atom. The Balaban J connectivity index is 0.971. The average molecular weight is 865 g/mol. The summed E-state index contributed by atoms with van der Waals surface area (Å²) < 4.78 is 2.39. The quantitative estimate of drug-likeness (QED) is 0.138. The Morgan fingerprint density at radius 3 is 1.59 bits per heavy atom. The second-order valence-electron chi connectivity index (χ2n) is 17.6. The van der Waals surface area contributed by atoms with Crippen molar-refractivity contribution in [1.29, 1.82) is 0 Å². The van der Waals surface area contributed by atoms with E-state index in [0.717, 1.165) is 28.3 Å². The lowest BCUT2D eigenvalue weighted by atomic mass is 9.84. The molecule has 1 aromatic heterocycles. The fourth-order valence-electron chi connectivity index (χ4n) is 10.7. The first kappa shape index (κ1) is 39.4. The molecule has 68 heavy (non-hydrogen) atoms. The van der Waals surface area contributed by atoms with Gasteiger partial charge in [0.05, 0.1) is 16.7 Å². The lowest BCUT2D eigenvalue weighted by molar-refractivity contribution is 1.18. The highest BCUT2D eigenvalue weighted by molar-refractivity contribution is 6.22. The van der Waals surface area contributed by atoms with Crippen molar-refractivity contribution < 1.29 is 0 Å². The lowest BCUT2D eigenvalue weighted by Gasteiger charge is -2.27. The minimum Gasteiger partial charge on any atom is -0.310 e. The van der Waals surface area contributed by atoms with Crippen molar-refractivity contribution >= 4 is 71.2 Å². The molecule has 0 unspecified atom stereocenters. The molecule has 318 valence electrons. The van der Waals surface area contributed by atoms with E-state index >= 15 is 0 Å². The number of benzene rings is 12. The first-order valence-electron chi connectivity index (χ1n) is 23.4. The highest BCUT2D eigenvalue weighted by Gasteiger charge is 2.21. The molecule has 1 heterocycles. The van der Waals surface area contributed by atoms with Gasteiger partial charge in [-0.3, -0.25) is 0 Å². The minimum absolute atomic E-state index is 1.09. The van der Waals surface area contributed by atoms with Crippen LogP contribution in [-0.4, -0.2) is 4.57 Å². The zero-order valence-corrected chi connectivity index (χ0v) is 37.3. The van der Waals surface area contributed by atoms with Crippen LogP contribution >= 0.6 is 0 Å². The molecule has 0 aliphatic rings. The predicted octanol–water partition coefficient (Wildman–Crippen LogP) is 18.4. The Labute approximate surface area is 395 Å². The van der Waals surface area contributed by atoms with Crippen molar-refractivity contribution in [3.05, 3.63) is 267 Å². The molecule has 2 nitrogen and oxygen atoms in total. The van der Waals surface area contributed by atoms with Gasteiger partial charge in [0.2, 0.25) is 0 Å². The Hall–Kier alpha value is -8.98. The normalized spacial score (nSPS) is 11.5. The van der Waals surface area contributed by atoms with E-state index in [-0.39, 0.29) is 0 Å². The van der Waals surface area contributed by atoms with Crippen LogP contribution in [-0.2, 0) is 0 Å². The van der Waals surface area contributed by atoms with Crippen LogP contribution in [0.15, 0.2) is 267 Å². The molecule has 0 aliphatic heterocycles. The number of hydrogen-bond acceptors (Lipinski definition) is 1. The molecule has 0 atom stereocenters. The third kappa shape index (κ3) is 6.57. The van der Waals surface area contributed by atoms with Crippen molar-refractivity contribution in [2.45, 2.75) is 0 Å². The van der Waals surface area contributed by atoms with Gasteiger partial charge in [-0.2, -0.15) is 0 Å². The zero-order chi connectivity index (χ0) is 45.0. The smallest absolute Gasteiger partial charge is 0.0547 e. The number of nitrogens with zero attached hydrogens (tertiary/aromatic N) is 2. The summed E-state index contributed by atoms with van der Waals surface area (Å²) in [5.41, 5.74) is 16.5. The van der Waals surface area contributed by atoms with Gasteiger partial charge in [-0.05, 0) is 132 Å². The van der Waals surface area contributed by atoms with E-state index in [9.17, 15) is 0 Å². The van der Waals surface area contributed by atoms with Gasteiger partial charge >= 0.3 is 0 Å². The SMILES string of the molecule is c1ccc(-c2c(-c3ccccc3)c3cc(-c4ccc(N(c5cccc(-c6cccc7c6c6ccccc6n7-c6ccccc6)c5)c5cccc6ccccc56)cc4)ccc3c3ccccc23)cc1. The topological polar surface area (TPSA) is 8.17 Å². The fourth-order valence-corrected chi connectivity index (χ4v) is 10.7. The van der Waals surface area contributed by atoms with Crippen LogP contribution in [0.2, 0.25) is 0 Å². The van der Waals surface area contributed by atoms with Gasteiger partial charge in [0.1, 0.15) is 0 Å². The average Bonchev–Trinajstić information content (AvgIpc) is 3.76. The summed E-state index contributed by atoms with van der Waals surface area (Å²) in [5.74, 6) is 0. The summed E-state index contributed by atoms with van der Waals surface area (Å²) in [6.45, 7) is 0. The molecule has 13 aromatic rings. The number of aromatic nitrogens is 1. The summed E-state index contributed by atoms with van der Waals surface area (Å²) in [6.07, 6.45) is 0. The molecule has 0 aliphatic carbocycles. The minimum atomic E-state index is 1.09. The van der Waals surface area contributed by atoms with E-state index in [4.69, 9.17) is 0 Å². The van der Waals surface area contributed by atoms with Crippen LogP contribution in [0, 0.1) is 0 Å². The van der Waals surface area contributed by atoms with Gasteiger partial charge in [-0.25, -0.2) is 0 Å². The van der Waals surface area contributed by atoms with Gasteiger partial charge in [-0.1, -0.05) is 206 Å². The summed E-state index contributed by atoms with van der Waals surface area (Å²) in [7, 11) is 0. The molecule has 0 amide bonds. The predicted molar refractivity (Wildman–Crippen MR) is 290 cm³/mol. The van der Waals surface area contributed by atoms with E-state index in [1.807, 2.05) is 0 Å². The maximum atomic E-state index is 2.43. The third-order valence-corrected chi connectivity index (χ3v) is 13.7. The summed E-state index contributed by atoms with van der Waals surface area (Å²) >= 11 is 0. The number of anilines is 3. The van der Waals surface area contributed by atoms with Crippen molar-refractivity contribution in [2.75, 3.05) is 4.90 Å². The molecule has 0 radical (unpaired) electrons.